The van der Waals surface area contributed by atoms with Crippen molar-refractivity contribution in [2.45, 2.75) is 115 Å². The van der Waals surface area contributed by atoms with Crippen molar-refractivity contribution >= 4 is 42.8 Å². The molecule has 2 aliphatic carbocycles. The second-order valence-electron chi connectivity index (χ2n) is 18.6. The second kappa shape index (κ2) is 17.6. The summed E-state index contributed by atoms with van der Waals surface area (Å²) in [6, 6.07) is 14.6. The Morgan fingerprint density at radius 2 is 1.52 bits per heavy atom. The van der Waals surface area contributed by atoms with Gasteiger partial charge in [-0.15, -0.1) is 0 Å². The zero-order valence-corrected chi connectivity index (χ0v) is 37.9. The Labute approximate surface area is 376 Å². The van der Waals surface area contributed by atoms with Crippen LogP contribution in [0.15, 0.2) is 73.3 Å². The Kier molecular flexibility index (Phi) is 12.6. The molecule has 10 rings (SSSR count). The Balaban J connectivity index is 0.000000177. The zero-order chi connectivity index (χ0) is 46.6. The van der Waals surface area contributed by atoms with Crippen LogP contribution in [0.1, 0.15) is 93.3 Å². The third-order valence-electron chi connectivity index (χ3n) is 11.8. The van der Waals surface area contributed by atoms with Crippen LogP contribution in [0.3, 0.4) is 0 Å². The molecule has 6 heterocycles. The van der Waals surface area contributed by atoms with Crippen LogP contribution >= 0.6 is 0 Å². The van der Waals surface area contributed by atoms with Crippen molar-refractivity contribution in [2.75, 3.05) is 0 Å². The van der Waals surface area contributed by atoms with E-state index < -0.39 is 44.6 Å². The van der Waals surface area contributed by atoms with Crippen molar-refractivity contribution < 1.29 is 39.0 Å². The molecule has 2 unspecified atom stereocenters. The van der Waals surface area contributed by atoms with Gasteiger partial charge in [0.05, 0.1) is 39.1 Å². The third-order valence-corrected chi connectivity index (χ3v) is 15.2. The highest BCUT2D eigenvalue weighted by Crippen LogP contribution is 2.41. The summed E-state index contributed by atoms with van der Waals surface area (Å²) in [5, 5.41) is 11.1. The van der Waals surface area contributed by atoms with Crippen LogP contribution in [-0.4, -0.2) is 42.2 Å². The molecule has 65 heavy (non-hydrogen) atoms. The van der Waals surface area contributed by atoms with Crippen LogP contribution in [0.2, 0.25) is 0 Å². The smallest absolute Gasteiger partial charge is 0.347 e. The van der Waals surface area contributed by atoms with Gasteiger partial charge >= 0.3 is 12.4 Å². The summed E-state index contributed by atoms with van der Waals surface area (Å²) in [5.74, 6) is 0.221. The number of sulfonamides is 1. The number of aryl methyl sites for hydroxylation is 1. The number of fused-ring (bicyclic) bond motifs is 6. The van der Waals surface area contributed by atoms with Gasteiger partial charge in [0.1, 0.15) is 0 Å². The second-order valence-corrected chi connectivity index (χ2v) is 22.2. The summed E-state index contributed by atoms with van der Waals surface area (Å²) in [6.07, 6.45) is 1.79. The molecule has 0 amide bonds. The molecule has 0 radical (unpaired) electrons. The van der Waals surface area contributed by atoms with Crippen molar-refractivity contribution in [1.29, 1.82) is 5.26 Å². The number of nitrogens with zero attached hydrogens (tertiary/aromatic N) is 5. The van der Waals surface area contributed by atoms with E-state index in [-0.39, 0.29) is 50.8 Å². The number of nitriles is 1. The van der Waals surface area contributed by atoms with Gasteiger partial charge in [-0.2, -0.15) is 31.6 Å². The van der Waals surface area contributed by atoms with Gasteiger partial charge in [-0.1, -0.05) is 52.0 Å². The van der Waals surface area contributed by atoms with Crippen LogP contribution in [0.25, 0.3) is 44.2 Å². The molecule has 2 atom stereocenters. The van der Waals surface area contributed by atoms with Crippen molar-refractivity contribution in [3.63, 3.8) is 0 Å². The first-order valence-electron chi connectivity index (χ1n) is 21.5. The van der Waals surface area contributed by atoms with E-state index in [1.165, 1.54) is 12.1 Å². The number of rotatable bonds is 10. The van der Waals surface area contributed by atoms with Gasteiger partial charge in [0.25, 0.3) is 0 Å². The lowest BCUT2D eigenvalue weighted by atomic mass is 9.96. The quantitative estimate of drug-likeness (QED) is 0.131. The van der Waals surface area contributed by atoms with Gasteiger partial charge in [-0.05, 0) is 96.4 Å². The fraction of sp³-hybridized carbons (Fsp3) is 0.426. The topological polar surface area (TPSA) is 135 Å². The Morgan fingerprint density at radius 3 is 2.17 bits per heavy atom. The first-order valence-corrected chi connectivity index (χ1v) is 24.2. The summed E-state index contributed by atoms with van der Waals surface area (Å²) in [7, 11) is -4.43. The van der Waals surface area contributed by atoms with E-state index in [1.807, 2.05) is 27.6 Å². The Morgan fingerprint density at radius 1 is 0.846 bits per heavy atom. The Hall–Kier alpha value is -5.09. The monoisotopic (exact) mass is 937 g/mol. The molecule has 2 saturated carbocycles. The van der Waals surface area contributed by atoms with Crippen LogP contribution in [0.5, 0.6) is 0 Å². The van der Waals surface area contributed by atoms with Gasteiger partial charge in [0.2, 0.25) is 10.0 Å². The number of halogens is 6. The van der Waals surface area contributed by atoms with Crippen molar-refractivity contribution in [1.82, 2.24) is 28.5 Å². The minimum atomic E-state index is -4.69. The van der Waals surface area contributed by atoms with E-state index in [2.05, 4.69) is 47.1 Å². The fourth-order valence-electron chi connectivity index (χ4n) is 8.33. The molecule has 2 aliphatic heterocycles. The average Bonchev–Trinajstić information content (AvgIpc) is 4.19. The summed E-state index contributed by atoms with van der Waals surface area (Å²) in [5.41, 5.74) is 2.31. The molecule has 0 spiro atoms. The normalized spacial score (nSPS) is 17.4. The van der Waals surface area contributed by atoms with Gasteiger partial charge in [0.15, 0.2) is 5.69 Å². The molecule has 344 valence electrons. The van der Waals surface area contributed by atoms with Crippen molar-refractivity contribution in [3.05, 3.63) is 107 Å². The third kappa shape index (κ3) is 10.5. The summed E-state index contributed by atoms with van der Waals surface area (Å²) >= 11 is 0. The van der Waals surface area contributed by atoms with Crippen LogP contribution < -0.4 is 9.44 Å². The first-order chi connectivity index (χ1) is 30.6. The van der Waals surface area contributed by atoms with Gasteiger partial charge in [-0.3, -0.25) is 9.97 Å². The van der Waals surface area contributed by atoms with Gasteiger partial charge in [0, 0.05) is 89.1 Å². The maximum atomic E-state index is 13.8. The van der Waals surface area contributed by atoms with Gasteiger partial charge < -0.3 is 9.13 Å². The summed E-state index contributed by atoms with van der Waals surface area (Å²) in [4.78, 5) is 7.75. The SMILES string of the molecule is CC(C)(C)Cn1cc(CNS(=O)C2CC2)c2ccc(-c3c(C#N)ccnc3C(F)(F)F)cc21.CC1CCc2cnc(c(C(F)(F)F)c2)-c2ccc3c(CNS(=O)(=O)C4CC4)cn(c3c2)C1. The maximum absolute atomic E-state index is 13.8. The van der Waals surface area contributed by atoms with Crippen molar-refractivity contribution in [3.8, 4) is 28.5 Å². The molecule has 4 aliphatic rings. The molecular weight excluding hydrogens is 889 g/mol. The maximum Gasteiger partial charge on any atom is 0.434 e. The van der Waals surface area contributed by atoms with E-state index in [0.717, 1.165) is 58.4 Å². The van der Waals surface area contributed by atoms with Gasteiger partial charge in [-0.25, -0.2) is 22.1 Å². The fourth-order valence-corrected chi connectivity index (χ4v) is 10.8. The molecule has 4 aromatic heterocycles. The molecule has 0 saturated heterocycles. The lowest BCUT2D eigenvalue weighted by Gasteiger charge is -2.20. The minimum Gasteiger partial charge on any atom is -0.347 e. The van der Waals surface area contributed by atoms with E-state index in [0.29, 0.717) is 50.0 Å². The number of pyridine rings is 2. The molecule has 18 heteroatoms. The number of nitrogens with one attached hydrogen (secondary N) is 2. The summed E-state index contributed by atoms with van der Waals surface area (Å²) in [6.45, 7) is 10.2. The standard InChI is InChI=1S/C24H25F3N4OS.C23H24F3N3O2S/c1-23(2,3)14-31-13-17(12-30-33(32)18-5-6-18)19-7-4-15(10-20(19)31)21-16(11-28)8-9-29-22(21)24(25,26)27;1-14-2-3-15-8-20(23(24,25)26)22(27-10-15)16-4-7-19-17(13-29(12-14)21(19)9-16)11-28-32(30,31)18-5-6-18/h4,7-10,13,18,30H,5-6,12,14H2,1-3H3;4,7-10,13-14,18,28H,2-3,5-6,11-12H2,1H3. The predicted molar refractivity (Wildman–Crippen MR) is 239 cm³/mol. The zero-order valence-electron chi connectivity index (χ0n) is 36.3. The largest absolute Gasteiger partial charge is 0.434 e. The first kappa shape index (κ1) is 46.4. The average molecular weight is 938 g/mol. The summed E-state index contributed by atoms with van der Waals surface area (Å²) < 4.78 is 129. The molecule has 2 N–H and O–H groups in total. The number of aromatic nitrogens is 4. The minimum absolute atomic E-state index is 0.0766. The highest BCUT2D eigenvalue weighted by molar-refractivity contribution is 7.90. The van der Waals surface area contributed by atoms with E-state index in [1.54, 1.807) is 42.6 Å². The molecule has 10 nitrogen and oxygen atoms in total. The molecule has 6 aromatic rings. The lowest BCUT2D eigenvalue weighted by molar-refractivity contribution is -0.140. The number of hydrogen-bond acceptors (Lipinski definition) is 6. The van der Waals surface area contributed by atoms with E-state index in [4.69, 9.17) is 0 Å². The van der Waals surface area contributed by atoms with E-state index in [9.17, 15) is 44.2 Å². The molecule has 2 aromatic carbocycles. The van der Waals surface area contributed by atoms with Crippen LogP contribution in [0.4, 0.5) is 26.3 Å². The number of hydrogen-bond donors (Lipinski definition) is 2. The molecular formula is C47H49F6N7O3S2. The molecule has 4 bridgehead atoms. The Bertz CT molecular complexity index is 2960. The van der Waals surface area contributed by atoms with E-state index >= 15 is 0 Å². The van der Waals surface area contributed by atoms with Crippen molar-refractivity contribution in [2.24, 2.45) is 11.3 Å². The number of benzene rings is 2. The van der Waals surface area contributed by atoms with Crippen LogP contribution in [-0.2, 0) is 66.0 Å². The number of alkyl halides is 6. The highest BCUT2D eigenvalue weighted by Gasteiger charge is 2.38. The van der Waals surface area contributed by atoms with Crippen LogP contribution in [0, 0.1) is 22.7 Å². The predicted octanol–water partition coefficient (Wildman–Crippen LogP) is 10.4. The lowest BCUT2D eigenvalue weighted by Crippen LogP contribution is -2.26. The highest BCUT2D eigenvalue weighted by atomic mass is 32.2. The molecule has 2 fully saturated rings.